The SMILES string of the molecule is O=C(Nc1ccc2c(c1)CCN(C(=O)Cc1ccc(Cl)cc1Cl)C2)c1cc(C(F)(F)F)ccc1-c1ccccc1. The van der Waals surface area contributed by atoms with Gasteiger partial charge in [-0.2, -0.15) is 13.2 Å². The van der Waals surface area contributed by atoms with Gasteiger partial charge >= 0.3 is 6.18 Å². The van der Waals surface area contributed by atoms with Crippen molar-refractivity contribution in [2.75, 3.05) is 11.9 Å². The maximum Gasteiger partial charge on any atom is 0.416 e. The average molecular weight is 583 g/mol. The third-order valence-electron chi connectivity index (χ3n) is 6.86. The summed E-state index contributed by atoms with van der Waals surface area (Å²) in [6.45, 7) is 0.889. The van der Waals surface area contributed by atoms with Crippen molar-refractivity contribution in [3.05, 3.63) is 123 Å². The number of anilines is 1. The Morgan fingerprint density at radius 3 is 2.38 bits per heavy atom. The molecule has 0 saturated carbocycles. The van der Waals surface area contributed by atoms with Crippen molar-refractivity contribution in [2.24, 2.45) is 0 Å². The molecule has 4 aromatic carbocycles. The second-order valence-corrected chi connectivity index (χ2v) is 10.4. The standard InChI is InChI=1S/C31H23Cl2F3N2O2/c32-24-9-6-21(28(33)17-24)15-29(39)38-13-12-20-14-25(10-7-22(20)18-38)37-30(40)27-16-23(31(34,35)36)8-11-26(27)19-4-2-1-3-5-19/h1-11,14,16-17H,12-13,15,18H2,(H,37,40). The van der Waals surface area contributed by atoms with Gasteiger partial charge in [0.25, 0.3) is 5.91 Å². The van der Waals surface area contributed by atoms with Crippen LogP contribution < -0.4 is 5.32 Å². The molecule has 0 atom stereocenters. The van der Waals surface area contributed by atoms with E-state index in [0.717, 1.165) is 23.3 Å². The van der Waals surface area contributed by atoms with Gasteiger partial charge in [0, 0.05) is 34.4 Å². The Balaban J connectivity index is 1.33. The van der Waals surface area contributed by atoms with Crippen LogP contribution in [-0.2, 0) is 30.4 Å². The molecule has 2 amide bonds. The van der Waals surface area contributed by atoms with E-state index in [9.17, 15) is 22.8 Å². The molecule has 4 nitrogen and oxygen atoms in total. The Morgan fingerprint density at radius 1 is 0.875 bits per heavy atom. The van der Waals surface area contributed by atoms with Crippen LogP contribution in [0.2, 0.25) is 10.0 Å². The molecule has 204 valence electrons. The highest BCUT2D eigenvalue weighted by molar-refractivity contribution is 6.35. The Morgan fingerprint density at radius 2 is 1.65 bits per heavy atom. The Labute approximate surface area is 239 Å². The number of rotatable bonds is 5. The molecule has 5 rings (SSSR count). The van der Waals surface area contributed by atoms with E-state index >= 15 is 0 Å². The molecular weight excluding hydrogens is 560 g/mol. The van der Waals surface area contributed by atoms with Crippen LogP contribution in [0.25, 0.3) is 11.1 Å². The lowest BCUT2D eigenvalue weighted by Gasteiger charge is -2.29. The quantitative estimate of drug-likeness (QED) is 0.259. The zero-order valence-electron chi connectivity index (χ0n) is 21.1. The van der Waals surface area contributed by atoms with E-state index in [0.29, 0.717) is 51.9 Å². The fraction of sp³-hybridized carbons (Fsp3) is 0.161. The Bertz CT molecular complexity index is 1590. The minimum atomic E-state index is -4.59. The van der Waals surface area contributed by atoms with Crippen LogP contribution in [-0.4, -0.2) is 23.3 Å². The summed E-state index contributed by atoms with van der Waals surface area (Å²) in [5.74, 6) is -0.706. The number of fused-ring (bicyclic) bond motifs is 1. The number of hydrogen-bond acceptors (Lipinski definition) is 2. The summed E-state index contributed by atoms with van der Waals surface area (Å²) in [7, 11) is 0. The van der Waals surface area contributed by atoms with E-state index < -0.39 is 17.6 Å². The third kappa shape index (κ3) is 6.16. The highest BCUT2D eigenvalue weighted by Crippen LogP contribution is 2.34. The second kappa shape index (κ2) is 11.4. The average Bonchev–Trinajstić information content (AvgIpc) is 2.94. The summed E-state index contributed by atoms with van der Waals surface area (Å²) < 4.78 is 40.4. The van der Waals surface area contributed by atoms with Crippen molar-refractivity contribution in [1.82, 2.24) is 4.90 Å². The van der Waals surface area contributed by atoms with Crippen molar-refractivity contribution >= 4 is 40.7 Å². The maximum atomic E-state index is 13.5. The number of benzene rings is 4. The van der Waals surface area contributed by atoms with Crippen LogP contribution in [0.4, 0.5) is 18.9 Å². The largest absolute Gasteiger partial charge is 0.416 e. The third-order valence-corrected chi connectivity index (χ3v) is 7.45. The molecule has 0 saturated heterocycles. The maximum absolute atomic E-state index is 13.5. The highest BCUT2D eigenvalue weighted by atomic mass is 35.5. The van der Waals surface area contributed by atoms with Crippen LogP contribution in [0.1, 0.15) is 32.6 Å². The number of hydrogen-bond donors (Lipinski definition) is 1. The molecule has 0 radical (unpaired) electrons. The van der Waals surface area contributed by atoms with Crippen LogP contribution >= 0.6 is 23.2 Å². The molecule has 0 aromatic heterocycles. The molecule has 9 heteroatoms. The molecule has 0 unspecified atom stereocenters. The molecule has 0 bridgehead atoms. The molecule has 1 aliphatic rings. The fourth-order valence-corrected chi connectivity index (χ4v) is 5.24. The monoisotopic (exact) mass is 582 g/mol. The van der Waals surface area contributed by atoms with Gasteiger partial charge in [-0.1, -0.05) is 71.7 Å². The van der Waals surface area contributed by atoms with Gasteiger partial charge in [0.05, 0.1) is 12.0 Å². The summed E-state index contributed by atoms with van der Waals surface area (Å²) in [5.41, 5.74) is 3.12. The molecular formula is C31H23Cl2F3N2O2. The molecule has 4 aromatic rings. The van der Waals surface area contributed by atoms with Gasteiger partial charge in [-0.3, -0.25) is 9.59 Å². The number of carbonyl (C=O) groups is 2. The minimum Gasteiger partial charge on any atom is -0.338 e. The van der Waals surface area contributed by atoms with Gasteiger partial charge in [-0.15, -0.1) is 0 Å². The normalized spacial score (nSPS) is 13.1. The number of nitrogens with zero attached hydrogens (tertiary/aromatic N) is 1. The van der Waals surface area contributed by atoms with Gasteiger partial charge in [0.15, 0.2) is 0 Å². The first-order valence-electron chi connectivity index (χ1n) is 12.5. The van der Waals surface area contributed by atoms with Gasteiger partial charge in [-0.25, -0.2) is 0 Å². The number of nitrogens with one attached hydrogen (secondary N) is 1. The first-order chi connectivity index (χ1) is 19.1. The first kappa shape index (κ1) is 27.7. The van der Waals surface area contributed by atoms with E-state index in [1.54, 1.807) is 65.6 Å². The fourth-order valence-electron chi connectivity index (χ4n) is 4.76. The summed E-state index contributed by atoms with van der Waals surface area (Å²) >= 11 is 12.2. The van der Waals surface area contributed by atoms with Crippen molar-refractivity contribution in [2.45, 2.75) is 25.6 Å². The van der Waals surface area contributed by atoms with Crippen LogP contribution in [0.15, 0.2) is 84.9 Å². The molecule has 0 fully saturated rings. The van der Waals surface area contributed by atoms with Crippen molar-refractivity contribution in [3.8, 4) is 11.1 Å². The summed E-state index contributed by atoms with van der Waals surface area (Å²) in [6.07, 6.45) is -3.86. The van der Waals surface area contributed by atoms with Crippen molar-refractivity contribution in [1.29, 1.82) is 0 Å². The Kier molecular flexibility index (Phi) is 7.88. The van der Waals surface area contributed by atoms with Gasteiger partial charge < -0.3 is 10.2 Å². The smallest absolute Gasteiger partial charge is 0.338 e. The molecule has 1 aliphatic heterocycles. The van der Waals surface area contributed by atoms with Crippen LogP contribution in [0.5, 0.6) is 0 Å². The van der Waals surface area contributed by atoms with E-state index in [4.69, 9.17) is 23.2 Å². The summed E-state index contributed by atoms with van der Waals surface area (Å²) in [4.78, 5) is 27.9. The molecule has 1 N–H and O–H groups in total. The lowest BCUT2D eigenvalue weighted by atomic mass is 9.96. The van der Waals surface area contributed by atoms with Gasteiger partial charge in [0.1, 0.15) is 0 Å². The van der Waals surface area contributed by atoms with Crippen molar-refractivity contribution in [3.63, 3.8) is 0 Å². The summed E-state index contributed by atoms with van der Waals surface area (Å²) in [5, 5.41) is 3.70. The molecule has 0 spiro atoms. The van der Waals surface area contributed by atoms with Crippen LogP contribution in [0.3, 0.4) is 0 Å². The summed E-state index contributed by atoms with van der Waals surface area (Å²) in [6, 6.07) is 22.3. The van der Waals surface area contributed by atoms with Crippen LogP contribution in [0, 0.1) is 0 Å². The minimum absolute atomic E-state index is 0.0646. The molecule has 1 heterocycles. The number of alkyl halides is 3. The van der Waals surface area contributed by atoms with E-state index in [2.05, 4.69) is 5.32 Å². The first-order valence-corrected chi connectivity index (χ1v) is 13.3. The molecule has 40 heavy (non-hydrogen) atoms. The predicted molar refractivity (Wildman–Crippen MR) is 151 cm³/mol. The lowest BCUT2D eigenvalue weighted by molar-refractivity contribution is -0.137. The highest BCUT2D eigenvalue weighted by Gasteiger charge is 2.32. The Hall–Kier alpha value is -3.81. The van der Waals surface area contributed by atoms with E-state index in [1.807, 2.05) is 6.07 Å². The van der Waals surface area contributed by atoms with Gasteiger partial charge in [0.2, 0.25) is 5.91 Å². The topological polar surface area (TPSA) is 49.4 Å². The number of carbonyl (C=O) groups excluding carboxylic acids is 2. The van der Waals surface area contributed by atoms with E-state index in [1.165, 1.54) is 6.07 Å². The zero-order chi connectivity index (χ0) is 28.4. The zero-order valence-corrected chi connectivity index (χ0v) is 22.6. The van der Waals surface area contributed by atoms with Gasteiger partial charge in [-0.05, 0) is 70.6 Å². The van der Waals surface area contributed by atoms with E-state index in [-0.39, 0.29) is 17.9 Å². The lowest BCUT2D eigenvalue weighted by Crippen LogP contribution is -2.37. The predicted octanol–water partition coefficient (Wildman–Crippen LogP) is 8.06. The number of halogens is 5. The molecule has 0 aliphatic carbocycles. The van der Waals surface area contributed by atoms with Crippen molar-refractivity contribution < 1.29 is 22.8 Å². The second-order valence-electron chi connectivity index (χ2n) is 9.54. The number of amides is 2.